The largest absolute Gasteiger partial charge is 0.393 e. The van der Waals surface area contributed by atoms with Crippen LogP contribution in [0.15, 0.2) is 36.5 Å². The number of aromatic nitrogens is 2. The first-order chi connectivity index (χ1) is 11.1. The maximum Gasteiger partial charge on any atom is 0.321 e. The summed E-state index contributed by atoms with van der Waals surface area (Å²) in [6, 6.07) is 9.66. The maximum atomic E-state index is 12.4. The minimum atomic E-state index is -0.296. The van der Waals surface area contributed by atoms with Crippen molar-refractivity contribution in [3.05, 3.63) is 42.2 Å². The maximum absolute atomic E-state index is 12.4. The zero-order valence-corrected chi connectivity index (χ0v) is 13.3. The van der Waals surface area contributed by atoms with E-state index in [1.54, 1.807) is 9.58 Å². The summed E-state index contributed by atoms with van der Waals surface area (Å²) in [5, 5.41) is 17.1. The number of hydrogen-bond donors (Lipinski definition) is 2. The number of aliphatic hydroxyl groups excluding tert-OH is 1. The van der Waals surface area contributed by atoms with Crippen molar-refractivity contribution >= 4 is 11.7 Å². The smallest absolute Gasteiger partial charge is 0.321 e. The zero-order valence-electron chi connectivity index (χ0n) is 13.3. The van der Waals surface area contributed by atoms with E-state index in [1.807, 2.05) is 43.5 Å². The van der Waals surface area contributed by atoms with E-state index in [0.717, 1.165) is 24.2 Å². The number of carbonyl (C=O) groups excluding carboxylic acids is 1. The predicted octanol–water partition coefficient (Wildman–Crippen LogP) is 2.56. The van der Waals surface area contributed by atoms with Crippen molar-refractivity contribution in [2.24, 2.45) is 0 Å². The van der Waals surface area contributed by atoms with Crippen LogP contribution in [0.25, 0.3) is 5.69 Å². The SMILES string of the molecule is Cc1nn(-c2ccccc2)cc1NC(=O)N1CCCC(O)CC1. The zero-order chi connectivity index (χ0) is 16.2. The van der Waals surface area contributed by atoms with Gasteiger partial charge in [0.25, 0.3) is 0 Å². The van der Waals surface area contributed by atoms with Crippen LogP contribution in [0.2, 0.25) is 0 Å². The second kappa shape index (κ2) is 6.83. The molecule has 6 heteroatoms. The van der Waals surface area contributed by atoms with Gasteiger partial charge in [0.2, 0.25) is 0 Å². The van der Waals surface area contributed by atoms with Gasteiger partial charge >= 0.3 is 6.03 Å². The van der Waals surface area contributed by atoms with Crippen molar-refractivity contribution in [3.8, 4) is 5.69 Å². The molecule has 0 radical (unpaired) electrons. The number of hydrogen-bond acceptors (Lipinski definition) is 3. The van der Waals surface area contributed by atoms with Crippen LogP contribution in [0.3, 0.4) is 0 Å². The number of anilines is 1. The van der Waals surface area contributed by atoms with E-state index in [9.17, 15) is 9.90 Å². The van der Waals surface area contributed by atoms with Gasteiger partial charge in [-0.15, -0.1) is 0 Å². The molecule has 1 fully saturated rings. The third-order valence-electron chi connectivity index (χ3n) is 4.15. The molecule has 2 aromatic rings. The first-order valence-corrected chi connectivity index (χ1v) is 7.99. The average Bonchev–Trinajstić information content (AvgIpc) is 2.78. The molecule has 6 nitrogen and oxygen atoms in total. The van der Waals surface area contributed by atoms with Crippen molar-refractivity contribution < 1.29 is 9.90 Å². The number of benzene rings is 1. The minimum Gasteiger partial charge on any atom is -0.393 e. The summed E-state index contributed by atoms with van der Waals surface area (Å²) in [5.74, 6) is 0. The normalized spacial score (nSPS) is 18.5. The molecule has 1 saturated heterocycles. The van der Waals surface area contributed by atoms with Gasteiger partial charge in [0, 0.05) is 13.1 Å². The molecule has 2 amide bonds. The van der Waals surface area contributed by atoms with E-state index >= 15 is 0 Å². The Balaban J connectivity index is 1.70. The van der Waals surface area contributed by atoms with Crippen LogP contribution in [0.1, 0.15) is 25.0 Å². The average molecular weight is 314 g/mol. The lowest BCUT2D eigenvalue weighted by atomic mass is 10.2. The first kappa shape index (κ1) is 15.6. The second-order valence-electron chi connectivity index (χ2n) is 5.91. The number of likely N-dealkylation sites (tertiary alicyclic amines) is 1. The van der Waals surface area contributed by atoms with Gasteiger partial charge in [0.15, 0.2) is 0 Å². The fourth-order valence-electron chi connectivity index (χ4n) is 2.77. The van der Waals surface area contributed by atoms with Gasteiger partial charge in [0.1, 0.15) is 0 Å². The third-order valence-corrected chi connectivity index (χ3v) is 4.15. The molecule has 1 aromatic heterocycles. The summed E-state index contributed by atoms with van der Waals surface area (Å²) in [7, 11) is 0. The summed E-state index contributed by atoms with van der Waals surface area (Å²) in [4.78, 5) is 14.2. The Morgan fingerprint density at radius 3 is 2.83 bits per heavy atom. The first-order valence-electron chi connectivity index (χ1n) is 7.99. The van der Waals surface area contributed by atoms with Gasteiger partial charge in [-0.25, -0.2) is 9.48 Å². The number of nitrogens with zero attached hydrogens (tertiary/aromatic N) is 3. The van der Waals surface area contributed by atoms with Gasteiger partial charge in [-0.05, 0) is 38.3 Å². The molecule has 23 heavy (non-hydrogen) atoms. The van der Waals surface area contributed by atoms with Crippen molar-refractivity contribution in [3.63, 3.8) is 0 Å². The Labute approximate surface area is 135 Å². The lowest BCUT2D eigenvalue weighted by Crippen LogP contribution is -2.36. The Morgan fingerprint density at radius 1 is 1.26 bits per heavy atom. The summed E-state index contributed by atoms with van der Waals surface area (Å²) in [6.07, 6.45) is 3.76. The van der Waals surface area contributed by atoms with Crippen molar-refractivity contribution in [1.82, 2.24) is 14.7 Å². The molecule has 2 N–H and O–H groups in total. The summed E-state index contributed by atoms with van der Waals surface area (Å²) >= 11 is 0. The Kier molecular flexibility index (Phi) is 4.62. The Hall–Kier alpha value is -2.34. The summed E-state index contributed by atoms with van der Waals surface area (Å²) in [6.45, 7) is 3.13. The molecule has 3 rings (SSSR count). The molecule has 122 valence electrons. The molecule has 2 heterocycles. The number of para-hydroxylation sites is 1. The summed E-state index contributed by atoms with van der Waals surface area (Å²) in [5.41, 5.74) is 2.44. The number of aliphatic hydroxyl groups is 1. The van der Waals surface area contributed by atoms with Gasteiger partial charge in [-0.3, -0.25) is 0 Å². The van der Waals surface area contributed by atoms with Crippen LogP contribution in [-0.4, -0.2) is 45.0 Å². The van der Waals surface area contributed by atoms with Gasteiger partial charge in [0.05, 0.1) is 29.4 Å². The molecule has 1 unspecified atom stereocenters. The standard InChI is InChI=1S/C17H22N4O2/c1-13-16(12-21(19-13)14-6-3-2-4-7-14)18-17(23)20-10-5-8-15(22)9-11-20/h2-4,6-7,12,15,22H,5,8-11H2,1H3,(H,18,23). The molecule has 1 atom stereocenters. The van der Waals surface area contributed by atoms with Crippen LogP contribution in [0, 0.1) is 6.92 Å². The third kappa shape index (κ3) is 3.71. The molecule has 0 aliphatic carbocycles. The number of carbonyl (C=O) groups is 1. The van der Waals surface area contributed by atoms with Crippen LogP contribution < -0.4 is 5.32 Å². The minimum absolute atomic E-state index is 0.130. The second-order valence-corrected chi connectivity index (χ2v) is 5.91. The fraction of sp³-hybridized carbons (Fsp3) is 0.412. The highest BCUT2D eigenvalue weighted by atomic mass is 16.3. The van der Waals surface area contributed by atoms with Gasteiger partial charge < -0.3 is 15.3 Å². The molecule has 1 aliphatic rings. The highest BCUT2D eigenvalue weighted by molar-refractivity contribution is 5.89. The van der Waals surface area contributed by atoms with E-state index in [4.69, 9.17) is 0 Å². The van der Waals surface area contributed by atoms with Crippen molar-refractivity contribution in [2.75, 3.05) is 18.4 Å². The van der Waals surface area contributed by atoms with Crippen molar-refractivity contribution in [2.45, 2.75) is 32.3 Å². The van der Waals surface area contributed by atoms with Crippen LogP contribution in [-0.2, 0) is 0 Å². The molecule has 0 spiro atoms. The number of rotatable bonds is 2. The monoisotopic (exact) mass is 314 g/mol. The lowest BCUT2D eigenvalue weighted by molar-refractivity contribution is 0.156. The van der Waals surface area contributed by atoms with Crippen LogP contribution in [0.4, 0.5) is 10.5 Å². The number of aryl methyl sites for hydroxylation is 1. The quantitative estimate of drug-likeness (QED) is 0.895. The molecular weight excluding hydrogens is 292 g/mol. The van der Waals surface area contributed by atoms with Crippen molar-refractivity contribution in [1.29, 1.82) is 0 Å². The molecule has 0 bridgehead atoms. The lowest BCUT2D eigenvalue weighted by Gasteiger charge is -2.20. The molecule has 1 aliphatic heterocycles. The highest BCUT2D eigenvalue weighted by Crippen LogP contribution is 2.18. The molecule has 0 saturated carbocycles. The van der Waals surface area contributed by atoms with E-state index in [1.165, 1.54) is 0 Å². The van der Waals surface area contributed by atoms with E-state index in [-0.39, 0.29) is 12.1 Å². The highest BCUT2D eigenvalue weighted by Gasteiger charge is 2.20. The van der Waals surface area contributed by atoms with E-state index in [2.05, 4.69) is 10.4 Å². The van der Waals surface area contributed by atoms with Gasteiger partial charge in [-0.2, -0.15) is 5.10 Å². The van der Waals surface area contributed by atoms with Crippen LogP contribution >= 0.6 is 0 Å². The summed E-state index contributed by atoms with van der Waals surface area (Å²) < 4.78 is 1.76. The fourth-order valence-corrected chi connectivity index (χ4v) is 2.77. The van der Waals surface area contributed by atoms with Gasteiger partial charge in [-0.1, -0.05) is 18.2 Å². The van der Waals surface area contributed by atoms with E-state index in [0.29, 0.717) is 25.2 Å². The molecular formula is C17H22N4O2. The van der Waals surface area contributed by atoms with Crippen LogP contribution in [0.5, 0.6) is 0 Å². The molecule has 1 aromatic carbocycles. The number of nitrogens with one attached hydrogen (secondary N) is 1. The van der Waals surface area contributed by atoms with E-state index < -0.39 is 0 Å². The Morgan fingerprint density at radius 2 is 2.04 bits per heavy atom. The number of urea groups is 1. The number of amides is 2. The topological polar surface area (TPSA) is 70.4 Å². The Bertz CT molecular complexity index is 668. The predicted molar refractivity (Wildman–Crippen MR) is 88.8 cm³/mol.